The molecule has 88 valence electrons. The van der Waals surface area contributed by atoms with Crippen LogP contribution in [0, 0.1) is 0 Å². The molecule has 0 aromatic heterocycles. The molecule has 0 saturated heterocycles. The molecule has 1 aromatic carbocycles. The minimum atomic E-state index is -0.190. The molecular weight excluding hydrogens is 202 g/mol. The van der Waals surface area contributed by atoms with Crippen LogP contribution in [0.15, 0.2) is 30.3 Å². The Bertz CT molecular complexity index is 324. The van der Waals surface area contributed by atoms with E-state index < -0.39 is 0 Å². The molecule has 0 heterocycles. The fourth-order valence-corrected chi connectivity index (χ4v) is 1.70. The first kappa shape index (κ1) is 12.7. The smallest absolute Gasteiger partial charge is 0.319 e. The molecular formula is C13H19NO2. The van der Waals surface area contributed by atoms with Crippen molar-refractivity contribution in [3.05, 3.63) is 35.9 Å². The van der Waals surface area contributed by atoms with Gasteiger partial charge >= 0.3 is 5.97 Å². The molecule has 0 fully saturated rings. The van der Waals surface area contributed by atoms with E-state index in [0.29, 0.717) is 6.54 Å². The summed E-state index contributed by atoms with van der Waals surface area (Å²) in [6.07, 6.45) is 0. The molecule has 0 aliphatic rings. The van der Waals surface area contributed by atoms with E-state index in [1.807, 2.05) is 25.1 Å². The summed E-state index contributed by atoms with van der Waals surface area (Å²) in [7, 11) is 1.42. The van der Waals surface area contributed by atoms with Gasteiger partial charge in [0.15, 0.2) is 0 Å². The standard InChI is InChI=1S/C13H19NO2/c1-4-14(10-13(15)16-3)11(2)12-8-6-5-7-9-12/h5-9,11H,4,10H2,1-3H3/t11-/m0/s1. The molecule has 1 rings (SSSR count). The van der Waals surface area contributed by atoms with Crippen LogP contribution in [-0.4, -0.2) is 31.1 Å². The number of ether oxygens (including phenoxy) is 1. The molecule has 0 bridgehead atoms. The van der Waals surface area contributed by atoms with Gasteiger partial charge in [0.1, 0.15) is 0 Å². The van der Waals surface area contributed by atoms with Gasteiger partial charge in [0.25, 0.3) is 0 Å². The number of carbonyl (C=O) groups is 1. The van der Waals surface area contributed by atoms with Gasteiger partial charge in [-0.2, -0.15) is 0 Å². The summed E-state index contributed by atoms with van der Waals surface area (Å²) in [4.78, 5) is 13.3. The van der Waals surface area contributed by atoms with Crippen LogP contribution in [0.25, 0.3) is 0 Å². The molecule has 1 atom stereocenters. The van der Waals surface area contributed by atoms with Crippen molar-refractivity contribution in [1.29, 1.82) is 0 Å². The first-order valence-electron chi connectivity index (χ1n) is 5.54. The van der Waals surface area contributed by atoms with Crippen LogP contribution in [0.4, 0.5) is 0 Å². The van der Waals surface area contributed by atoms with Crippen LogP contribution >= 0.6 is 0 Å². The maximum atomic E-state index is 11.3. The zero-order chi connectivity index (χ0) is 12.0. The number of likely N-dealkylation sites (N-methyl/N-ethyl adjacent to an activating group) is 1. The number of hydrogen-bond acceptors (Lipinski definition) is 3. The molecule has 0 radical (unpaired) electrons. The van der Waals surface area contributed by atoms with E-state index in [2.05, 4.69) is 28.7 Å². The third kappa shape index (κ3) is 3.35. The van der Waals surface area contributed by atoms with Crippen molar-refractivity contribution < 1.29 is 9.53 Å². The molecule has 0 saturated carbocycles. The normalized spacial score (nSPS) is 12.5. The van der Waals surface area contributed by atoms with Crippen molar-refractivity contribution >= 4 is 5.97 Å². The fraction of sp³-hybridized carbons (Fsp3) is 0.462. The van der Waals surface area contributed by atoms with Crippen molar-refractivity contribution in [2.45, 2.75) is 19.9 Å². The summed E-state index contributed by atoms with van der Waals surface area (Å²) < 4.78 is 4.69. The number of carbonyl (C=O) groups excluding carboxylic acids is 1. The summed E-state index contributed by atoms with van der Waals surface area (Å²) in [6, 6.07) is 10.4. The summed E-state index contributed by atoms with van der Waals surface area (Å²) in [5.74, 6) is -0.190. The predicted octanol–water partition coefficient (Wildman–Crippen LogP) is 2.24. The lowest BCUT2D eigenvalue weighted by Crippen LogP contribution is -2.32. The van der Waals surface area contributed by atoms with Gasteiger partial charge < -0.3 is 4.74 Å². The zero-order valence-corrected chi connectivity index (χ0v) is 10.1. The van der Waals surface area contributed by atoms with Crippen molar-refractivity contribution in [2.24, 2.45) is 0 Å². The summed E-state index contributed by atoms with van der Waals surface area (Å²) >= 11 is 0. The first-order valence-corrected chi connectivity index (χ1v) is 5.54. The Kier molecular flexibility index (Phi) is 4.99. The van der Waals surface area contributed by atoms with Crippen LogP contribution in [0.5, 0.6) is 0 Å². The molecule has 3 heteroatoms. The minimum Gasteiger partial charge on any atom is -0.468 e. The highest BCUT2D eigenvalue weighted by Gasteiger charge is 2.16. The van der Waals surface area contributed by atoms with E-state index in [4.69, 9.17) is 0 Å². The Labute approximate surface area is 97.0 Å². The lowest BCUT2D eigenvalue weighted by Gasteiger charge is -2.26. The third-order valence-corrected chi connectivity index (χ3v) is 2.80. The highest BCUT2D eigenvalue weighted by atomic mass is 16.5. The maximum Gasteiger partial charge on any atom is 0.319 e. The van der Waals surface area contributed by atoms with Crippen LogP contribution in [-0.2, 0) is 9.53 Å². The highest BCUT2D eigenvalue weighted by molar-refractivity contribution is 5.71. The number of esters is 1. The van der Waals surface area contributed by atoms with Gasteiger partial charge in [-0.05, 0) is 19.0 Å². The Morgan fingerprint density at radius 3 is 2.50 bits per heavy atom. The van der Waals surface area contributed by atoms with E-state index in [9.17, 15) is 4.79 Å². The van der Waals surface area contributed by atoms with E-state index in [0.717, 1.165) is 6.54 Å². The average molecular weight is 221 g/mol. The SMILES string of the molecule is CCN(CC(=O)OC)[C@@H](C)c1ccccc1. The van der Waals surface area contributed by atoms with Gasteiger partial charge in [0.2, 0.25) is 0 Å². The second-order valence-electron chi connectivity index (χ2n) is 3.73. The molecule has 0 aliphatic heterocycles. The largest absolute Gasteiger partial charge is 0.468 e. The number of nitrogens with zero attached hydrogens (tertiary/aromatic N) is 1. The van der Waals surface area contributed by atoms with Gasteiger partial charge in [0.05, 0.1) is 13.7 Å². The lowest BCUT2D eigenvalue weighted by atomic mass is 10.1. The summed E-state index contributed by atoms with van der Waals surface area (Å²) in [6.45, 7) is 5.30. The summed E-state index contributed by atoms with van der Waals surface area (Å²) in [5.41, 5.74) is 1.22. The van der Waals surface area contributed by atoms with E-state index >= 15 is 0 Å². The fourth-order valence-electron chi connectivity index (χ4n) is 1.70. The van der Waals surface area contributed by atoms with Crippen LogP contribution < -0.4 is 0 Å². The molecule has 0 unspecified atom stereocenters. The van der Waals surface area contributed by atoms with Gasteiger partial charge in [-0.1, -0.05) is 37.3 Å². The molecule has 0 amide bonds. The molecule has 3 nitrogen and oxygen atoms in total. The Morgan fingerprint density at radius 2 is 2.00 bits per heavy atom. The number of benzene rings is 1. The lowest BCUT2D eigenvalue weighted by molar-refractivity contribution is -0.142. The van der Waals surface area contributed by atoms with Gasteiger partial charge in [-0.3, -0.25) is 9.69 Å². The van der Waals surface area contributed by atoms with E-state index in [1.165, 1.54) is 12.7 Å². The quantitative estimate of drug-likeness (QED) is 0.714. The minimum absolute atomic E-state index is 0.190. The maximum absolute atomic E-state index is 11.3. The number of methoxy groups -OCH3 is 1. The van der Waals surface area contributed by atoms with Gasteiger partial charge in [-0.15, -0.1) is 0 Å². The second kappa shape index (κ2) is 6.28. The zero-order valence-electron chi connectivity index (χ0n) is 10.1. The Morgan fingerprint density at radius 1 is 1.38 bits per heavy atom. The van der Waals surface area contributed by atoms with Crippen molar-refractivity contribution in [3.63, 3.8) is 0 Å². The Hall–Kier alpha value is -1.35. The molecule has 1 aromatic rings. The summed E-state index contributed by atoms with van der Waals surface area (Å²) in [5, 5.41) is 0. The van der Waals surface area contributed by atoms with E-state index in [1.54, 1.807) is 0 Å². The van der Waals surface area contributed by atoms with Crippen molar-refractivity contribution in [1.82, 2.24) is 4.90 Å². The number of hydrogen-bond donors (Lipinski definition) is 0. The monoisotopic (exact) mass is 221 g/mol. The number of rotatable bonds is 5. The van der Waals surface area contributed by atoms with Gasteiger partial charge in [-0.25, -0.2) is 0 Å². The van der Waals surface area contributed by atoms with Gasteiger partial charge in [0, 0.05) is 6.04 Å². The van der Waals surface area contributed by atoms with E-state index in [-0.39, 0.29) is 12.0 Å². The van der Waals surface area contributed by atoms with Crippen molar-refractivity contribution in [3.8, 4) is 0 Å². The van der Waals surface area contributed by atoms with Crippen LogP contribution in [0.1, 0.15) is 25.5 Å². The van der Waals surface area contributed by atoms with Crippen LogP contribution in [0.3, 0.4) is 0 Å². The molecule has 0 aliphatic carbocycles. The Balaban J connectivity index is 2.70. The average Bonchev–Trinajstić information content (AvgIpc) is 2.35. The molecule has 16 heavy (non-hydrogen) atoms. The molecule has 0 spiro atoms. The third-order valence-electron chi connectivity index (χ3n) is 2.80. The second-order valence-corrected chi connectivity index (χ2v) is 3.73. The topological polar surface area (TPSA) is 29.5 Å². The predicted molar refractivity (Wildman–Crippen MR) is 64.1 cm³/mol. The molecule has 0 N–H and O–H groups in total. The van der Waals surface area contributed by atoms with Crippen LogP contribution in [0.2, 0.25) is 0 Å². The highest BCUT2D eigenvalue weighted by Crippen LogP contribution is 2.18. The first-order chi connectivity index (χ1) is 7.69. The van der Waals surface area contributed by atoms with Crippen molar-refractivity contribution in [2.75, 3.05) is 20.2 Å².